The fraction of sp³-hybridized carbons (Fsp3) is 0.292. The Morgan fingerprint density at radius 2 is 1.40 bits per heavy atom. The molecule has 1 heterocycles. The molecular weight excluding hydrogens is 460 g/mol. The minimum absolute atomic E-state index is 0.00768. The standard InChI is InChI=1S/C24H24N2O9/c1-14(27)34-22-16(5-10-19(24(31)33-4)23(22)35-15(2)28)11-25-12-20(29)26(21(30)13-25)17-6-8-18(32-3)9-7-17/h5-10H,11-13H2,1-4H3. The number of carbonyl (C=O) groups excluding carboxylic acids is 5. The molecule has 2 aromatic carbocycles. The number of hydrogen-bond acceptors (Lipinski definition) is 10. The van der Waals surface area contributed by atoms with Gasteiger partial charge in [-0.05, 0) is 30.3 Å². The van der Waals surface area contributed by atoms with Crippen molar-refractivity contribution in [3.63, 3.8) is 0 Å². The van der Waals surface area contributed by atoms with Gasteiger partial charge in [0.1, 0.15) is 11.3 Å². The zero-order chi connectivity index (χ0) is 25.7. The first kappa shape index (κ1) is 25.4. The van der Waals surface area contributed by atoms with E-state index in [4.69, 9.17) is 18.9 Å². The minimum atomic E-state index is -0.806. The molecule has 11 heteroatoms. The van der Waals surface area contributed by atoms with Gasteiger partial charge in [-0.3, -0.25) is 24.1 Å². The number of benzene rings is 2. The second-order valence-corrected chi connectivity index (χ2v) is 7.58. The van der Waals surface area contributed by atoms with Crippen molar-refractivity contribution in [2.24, 2.45) is 0 Å². The van der Waals surface area contributed by atoms with Crippen LogP contribution in [0.25, 0.3) is 0 Å². The van der Waals surface area contributed by atoms with Crippen molar-refractivity contribution in [1.82, 2.24) is 4.90 Å². The number of hydrogen-bond donors (Lipinski definition) is 0. The van der Waals surface area contributed by atoms with Gasteiger partial charge >= 0.3 is 17.9 Å². The van der Waals surface area contributed by atoms with Crippen LogP contribution in [0.4, 0.5) is 5.69 Å². The summed E-state index contributed by atoms with van der Waals surface area (Å²) in [5, 5.41) is 0. The van der Waals surface area contributed by atoms with Crippen molar-refractivity contribution in [1.29, 1.82) is 0 Å². The predicted octanol–water partition coefficient (Wildman–Crippen LogP) is 1.71. The van der Waals surface area contributed by atoms with E-state index < -0.39 is 29.7 Å². The van der Waals surface area contributed by atoms with Gasteiger partial charge in [0.15, 0.2) is 11.5 Å². The molecule has 0 spiro atoms. The number of anilines is 1. The maximum atomic E-state index is 12.8. The van der Waals surface area contributed by atoms with Gasteiger partial charge < -0.3 is 18.9 Å². The maximum Gasteiger partial charge on any atom is 0.341 e. The summed E-state index contributed by atoms with van der Waals surface area (Å²) in [6, 6.07) is 9.34. The summed E-state index contributed by atoms with van der Waals surface area (Å²) in [5.74, 6) is -3.06. The second kappa shape index (κ2) is 10.8. The van der Waals surface area contributed by atoms with E-state index in [0.717, 1.165) is 25.9 Å². The van der Waals surface area contributed by atoms with E-state index in [0.29, 0.717) is 17.0 Å². The molecule has 184 valence electrons. The summed E-state index contributed by atoms with van der Waals surface area (Å²) in [7, 11) is 2.66. The summed E-state index contributed by atoms with van der Waals surface area (Å²) in [4.78, 5) is 64.0. The Morgan fingerprint density at radius 3 is 1.91 bits per heavy atom. The number of imide groups is 1. The van der Waals surface area contributed by atoms with Gasteiger partial charge in [0.05, 0.1) is 33.0 Å². The molecule has 0 bridgehead atoms. The summed E-state index contributed by atoms with van der Waals surface area (Å²) in [6.07, 6.45) is 0. The van der Waals surface area contributed by atoms with Crippen molar-refractivity contribution in [3.8, 4) is 17.2 Å². The Kier molecular flexibility index (Phi) is 7.82. The Morgan fingerprint density at radius 1 is 0.829 bits per heavy atom. The normalized spacial score (nSPS) is 13.9. The zero-order valence-electron chi connectivity index (χ0n) is 19.7. The van der Waals surface area contributed by atoms with E-state index in [-0.39, 0.29) is 36.7 Å². The van der Waals surface area contributed by atoms with Crippen molar-refractivity contribution in [3.05, 3.63) is 47.5 Å². The van der Waals surface area contributed by atoms with Crippen molar-refractivity contribution < 1.29 is 42.9 Å². The lowest BCUT2D eigenvalue weighted by Crippen LogP contribution is -2.53. The number of rotatable bonds is 7. The zero-order valence-corrected chi connectivity index (χ0v) is 19.7. The average Bonchev–Trinajstić information content (AvgIpc) is 2.80. The monoisotopic (exact) mass is 484 g/mol. The van der Waals surface area contributed by atoms with E-state index in [2.05, 4.69) is 0 Å². The van der Waals surface area contributed by atoms with Crippen molar-refractivity contribution >= 4 is 35.4 Å². The Bertz CT molecular complexity index is 1160. The first-order chi connectivity index (χ1) is 16.6. The Hall–Kier alpha value is -4.25. The van der Waals surface area contributed by atoms with Crippen molar-refractivity contribution in [2.45, 2.75) is 20.4 Å². The number of carbonyl (C=O) groups is 5. The summed E-state index contributed by atoms with van der Waals surface area (Å²) in [6.45, 7) is 2.04. The molecule has 0 aromatic heterocycles. The molecule has 0 atom stereocenters. The molecule has 0 aliphatic carbocycles. The van der Waals surface area contributed by atoms with Crippen LogP contribution in [-0.2, 0) is 30.5 Å². The molecule has 0 unspecified atom stereocenters. The smallest absolute Gasteiger partial charge is 0.341 e. The van der Waals surface area contributed by atoms with Crippen LogP contribution in [0.2, 0.25) is 0 Å². The van der Waals surface area contributed by atoms with Gasteiger partial charge in [-0.1, -0.05) is 6.07 Å². The molecule has 11 nitrogen and oxygen atoms in total. The highest BCUT2D eigenvalue weighted by atomic mass is 16.6. The molecule has 1 fully saturated rings. The summed E-state index contributed by atoms with van der Waals surface area (Å²) < 4.78 is 20.3. The first-order valence-electron chi connectivity index (χ1n) is 10.5. The van der Waals surface area contributed by atoms with E-state index in [1.54, 1.807) is 29.2 Å². The van der Waals surface area contributed by atoms with Crippen LogP contribution in [0.5, 0.6) is 17.2 Å². The fourth-order valence-corrected chi connectivity index (χ4v) is 3.59. The molecule has 3 rings (SSSR count). The fourth-order valence-electron chi connectivity index (χ4n) is 3.59. The number of nitrogens with zero attached hydrogens (tertiary/aromatic N) is 2. The summed E-state index contributed by atoms with van der Waals surface area (Å²) >= 11 is 0. The molecule has 2 amide bonds. The van der Waals surface area contributed by atoms with Crippen LogP contribution < -0.4 is 19.1 Å². The number of piperazine rings is 1. The Balaban J connectivity index is 1.91. The SMILES string of the molecule is COC(=O)c1ccc(CN2CC(=O)N(c3ccc(OC)cc3)C(=O)C2)c(OC(C)=O)c1OC(C)=O. The molecule has 0 radical (unpaired) electrons. The van der Waals surface area contributed by atoms with E-state index >= 15 is 0 Å². The molecule has 35 heavy (non-hydrogen) atoms. The third kappa shape index (κ3) is 5.82. The van der Waals surface area contributed by atoms with E-state index in [1.807, 2.05) is 0 Å². The number of methoxy groups -OCH3 is 2. The number of amides is 2. The van der Waals surface area contributed by atoms with Gasteiger partial charge in [0.25, 0.3) is 0 Å². The second-order valence-electron chi connectivity index (χ2n) is 7.58. The minimum Gasteiger partial charge on any atom is -0.497 e. The molecule has 1 aliphatic rings. The lowest BCUT2D eigenvalue weighted by atomic mass is 10.1. The molecule has 2 aromatic rings. The van der Waals surface area contributed by atoms with Crippen LogP contribution in [0.3, 0.4) is 0 Å². The van der Waals surface area contributed by atoms with Crippen LogP contribution >= 0.6 is 0 Å². The molecule has 1 aliphatic heterocycles. The highest BCUT2D eigenvalue weighted by molar-refractivity contribution is 6.17. The molecule has 1 saturated heterocycles. The van der Waals surface area contributed by atoms with Gasteiger partial charge in [0, 0.05) is 26.0 Å². The number of ether oxygens (including phenoxy) is 4. The van der Waals surface area contributed by atoms with Gasteiger partial charge in [-0.15, -0.1) is 0 Å². The van der Waals surface area contributed by atoms with Crippen molar-refractivity contribution in [2.75, 3.05) is 32.2 Å². The quantitative estimate of drug-likeness (QED) is 0.325. The lowest BCUT2D eigenvalue weighted by Gasteiger charge is -2.33. The number of esters is 3. The van der Waals surface area contributed by atoms with Crippen LogP contribution in [0.1, 0.15) is 29.8 Å². The first-order valence-corrected chi connectivity index (χ1v) is 10.5. The van der Waals surface area contributed by atoms with Crippen LogP contribution in [-0.4, -0.2) is 61.9 Å². The molecular formula is C24H24N2O9. The molecule has 0 saturated carbocycles. The average molecular weight is 484 g/mol. The third-order valence-corrected chi connectivity index (χ3v) is 5.03. The molecule has 0 N–H and O–H groups in total. The topological polar surface area (TPSA) is 129 Å². The largest absolute Gasteiger partial charge is 0.497 e. The van der Waals surface area contributed by atoms with E-state index in [1.165, 1.54) is 19.2 Å². The summed E-state index contributed by atoms with van der Waals surface area (Å²) in [5.41, 5.74) is 0.613. The Labute approximate surface area is 201 Å². The van der Waals surface area contributed by atoms with Crippen LogP contribution in [0.15, 0.2) is 36.4 Å². The maximum absolute atomic E-state index is 12.8. The van der Waals surface area contributed by atoms with E-state index in [9.17, 15) is 24.0 Å². The van der Waals surface area contributed by atoms with Gasteiger partial charge in [0.2, 0.25) is 11.8 Å². The third-order valence-electron chi connectivity index (χ3n) is 5.03. The lowest BCUT2D eigenvalue weighted by molar-refractivity contribution is -0.134. The van der Waals surface area contributed by atoms with Gasteiger partial charge in [-0.2, -0.15) is 0 Å². The van der Waals surface area contributed by atoms with Crippen LogP contribution in [0, 0.1) is 0 Å². The highest BCUT2D eigenvalue weighted by Gasteiger charge is 2.33. The van der Waals surface area contributed by atoms with Gasteiger partial charge in [-0.25, -0.2) is 9.69 Å². The highest BCUT2D eigenvalue weighted by Crippen LogP contribution is 2.37. The predicted molar refractivity (Wildman–Crippen MR) is 121 cm³/mol.